The van der Waals surface area contributed by atoms with Crippen molar-refractivity contribution in [1.82, 2.24) is 0 Å². The largest absolute Gasteiger partial charge is 0.851 e. The molecule has 2 saturated carbocycles. The topological polar surface area (TPSA) is 250 Å². The Morgan fingerprint density at radius 2 is 0.750 bits per heavy atom. The zero-order valence-electron chi connectivity index (χ0n) is 51.0. The lowest BCUT2D eigenvalue weighted by Gasteiger charge is -2.61. The number of rotatable bonds is 20. The summed E-state index contributed by atoms with van der Waals surface area (Å²) in [5.41, 5.74) is 8.69. The molecular weight excluding hydrogens is 1370 g/mol. The molecule has 7 aromatic carbocycles. The highest BCUT2D eigenvalue weighted by Crippen LogP contribution is 2.47. The van der Waals surface area contributed by atoms with Crippen molar-refractivity contribution in [2.45, 2.75) is 48.1 Å². The third-order valence-electron chi connectivity index (χ3n) is 15.4. The number of aliphatic hydroxyl groups excluding tert-OH is 2. The highest BCUT2D eigenvalue weighted by molar-refractivity contribution is 14.1. The molecule has 474 valence electrons. The Hall–Kier alpha value is -6.35. The molecule has 88 heavy (non-hydrogen) atoms. The van der Waals surface area contributed by atoms with Crippen molar-refractivity contribution in [3.63, 3.8) is 0 Å². The zero-order chi connectivity index (χ0) is 64.9. The van der Waals surface area contributed by atoms with Crippen molar-refractivity contribution in [3.05, 3.63) is 194 Å². The number of carbonyl (C=O) groups excluding carboxylic acids is 2. The summed E-state index contributed by atoms with van der Waals surface area (Å²) in [5.74, 6) is -2.65. The average Bonchev–Trinajstić information content (AvgIpc) is 1.07. The highest BCUT2D eigenvalue weighted by Gasteiger charge is 2.39. The van der Waals surface area contributed by atoms with Crippen LogP contribution in [0.2, 0.25) is 0 Å². The molecule has 0 bridgehead atoms. The fraction of sp³-hybridized carbons (Fsp3) is 0.373. The van der Waals surface area contributed by atoms with Crippen LogP contribution in [0.4, 0.5) is 34.1 Å². The Balaban J connectivity index is 0.000000219. The molecule has 0 aliphatic heterocycles. The van der Waals surface area contributed by atoms with Gasteiger partial charge in [0.1, 0.15) is 6.61 Å². The van der Waals surface area contributed by atoms with Crippen LogP contribution in [0.5, 0.6) is 5.75 Å². The van der Waals surface area contributed by atoms with E-state index in [1.165, 1.54) is 0 Å². The lowest BCUT2D eigenvalue weighted by Crippen LogP contribution is -2.63. The van der Waals surface area contributed by atoms with Gasteiger partial charge in [0.05, 0.1) is 34.2 Å². The standard InChI is InChI=1S/C23H27IN2O4.C21H26N2O3.C12H11NO3.C9H13NO.C2H2ClIO/c1-25(2)17-8-4-15(5-9-17)20-22(28)21(23(20)29)16-6-10-18(11-7-16)26(3)12-13-30-19(27)14-24;1-22(2)16-8-4-14(5-9-16)18-20(25)19(21(18)26)15-6-10-17(11-7-15)23(3)12-13-24;1-13(2)8-5-3-7(4-6-8)9-10(14)12(16)11(9)15;1-10(7-8-11)9-5-3-2-4-6-9;3-2(5)1-4/h4-11,20-23H,12-14H2,1-3H3;4-11,18-21,24H,12-13H2,1-3H3;3-6,14H,1-2H3;2-6,11H,7-8H2,1H3;1H2/q2*-2;;;. The molecule has 0 spiro atoms. The van der Waals surface area contributed by atoms with Crippen LogP contribution in [0.15, 0.2) is 161 Å². The number of benzene rings is 6. The lowest BCUT2D eigenvalue weighted by molar-refractivity contribution is -0.536. The maximum Gasteiger partial charge on any atom is 0.315 e. The Labute approximate surface area is 548 Å². The first-order valence-electron chi connectivity index (χ1n) is 28.4. The van der Waals surface area contributed by atoms with Crippen LogP contribution in [0.3, 0.4) is 0 Å². The Morgan fingerprint density at radius 3 is 1.03 bits per heavy atom. The lowest BCUT2D eigenvalue weighted by atomic mass is 9.63. The molecule has 21 heteroatoms. The van der Waals surface area contributed by atoms with Crippen molar-refractivity contribution < 1.29 is 50.1 Å². The van der Waals surface area contributed by atoms with E-state index in [1.54, 1.807) is 12.1 Å². The van der Waals surface area contributed by atoms with Crippen molar-refractivity contribution in [1.29, 1.82) is 0 Å². The number of nitrogens with zero attached hydrogens (tertiary/aromatic N) is 6. The Bertz CT molecular complexity index is 3280. The van der Waals surface area contributed by atoms with E-state index in [0.29, 0.717) is 40.7 Å². The second-order valence-corrected chi connectivity index (χ2v) is 23.8. The van der Waals surface area contributed by atoms with Crippen LogP contribution in [0.1, 0.15) is 45.9 Å². The number of aromatic hydroxyl groups is 1. The molecule has 0 aromatic heterocycles. The van der Waals surface area contributed by atoms with E-state index in [0.717, 1.165) is 56.4 Å². The van der Waals surface area contributed by atoms with Gasteiger partial charge in [0.2, 0.25) is 10.7 Å². The molecule has 2 aliphatic carbocycles. The van der Waals surface area contributed by atoms with Crippen molar-refractivity contribution in [2.24, 2.45) is 0 Å². The van der Waals surface area contributed by atoms with Gasteiger partial charge >= 0.3 is 5.97 Å². The number of aliphatic hydroxyl groups is 2. The Kier molecular flexibility index (Phi) is 28.9. The molecule has 4 unspecified atom stereocenters. The summed E-state index contributed by atoms with van der Waals surface area (Å²) in [7, 11) is 17.4. The fourth-order valence-corrected chi connectivity index (χ4v) is 10.3. The summed E-state index contributed by atoms with van der Waals surface area (Å²) in [4.78, 5) is 54.7. The van der Waals surface area contributed by atoms with E-state index >= 15 is 0 Å². The van der Waals surface area contributed by atoms with Gasteiger partial charge < -0.3 is 69.9 Å². The monoisotopic (exact) mass is 1450 g/mol. The van der Waals surface area contributed by atoms with E-state index in [2.05, 4.69) is 0 Å². The number of para-hydroxylation sites is 1. The fourth-order valence-electron chi connectivity index (χ4n) is 10.0. The van der Waals surface area contributed by atoms with E-state index in [4.69, 9.17) is 26.6 Å². The van der Waals surface area contributed by atoms with Gasteiger partial charge in [0.15, 0.2) is 5.75 Å². The molecule has 7 aromatic rings. The number of halogens is 3. The summed E-state index contributed by atoms with van der Waals surface area (Å²) >= 11 is 8.68. The van der Waals surface area contributed by atoms with Crippen LogP contribution < -0.4 is 60.7 Å². The first-order valence-corrected chi connectivity index (χ1v) is 31.9. The molecule has 3 N–H and O–H groups in total. The molecule has 18 nitrogen and oxygen atoms in total. The van der Waals surface area contributed by atoms with Gasteiger partial charge in [-0.2, -0.15) is 0 Å². The quantitative estimate of drug-likeness (QED) is 0.0297. The molecule has 9 rings (SSSR count). The van der Waals surface area contributed by atoms with E-state index in [1.807, 2.05) is 278 Å². The number of hydrogen-bond acceptors (Lipinski definition) is 18. The minimum Gasteiger partial charge on any atom is -0.851 e. The number of anilines is 6. The van der Waals surface area contributed by atoms with Gasteiger partial charge in [-0.1, -0.05) is 124 Å². The molecular formula is C67H79ClI2N6O12-4. The number of likely N-dealkylation sites (N-methyl/N-ethyl adjacent to an activating group) is 3. The molecule has 4 atom stereocenters. The molecule has 2 aliphatic rings. The second-order valence-electron chi connectivity index (χ2n) is 21.8. The van der Waals surface area contributed by atoms with Gasteiger partial charge in [-0.3, -0.25) is 19.2 Å². The summed E-state index contributed by atoms with van der Waals surface area (Å²) in [6.45, 7) is 2.41. The summed E-state index contributed by atoms with van der Waals surface area (Å²) in [6.07, 6.45) is -3.70. The number of alkyl halides is 2. The predicted octanol–water partition coefficient (Wildman–Crippen LogP) is 5.05. The minimum atomic E-state index is -0.936. The molecule has 0 amide bonds. The number of esters is 1. The van der Waals surface area contributed by atoms with Crippen LogP contribution in [-0.4, -0.2) is 163 Å². The van der Waals surface area contributed by atoms with E-state index in [-0.39, 0.29) is 30.0 Å². The molecule has 0 heterocycles. The van der Waals surface area contributed by atoms with E-state index in [9.17, 15) is 44.7 Å². The summed E-state index contributed by atoms with van der Waals surface area (Å²) < 4.78 is 5.84. The van der Waals surface area contributed by atoms with Crippen LogP contribution in [-0.2, 0) is 14.3 Å². The number of hydrogen-bond donors (Lipinski definition) is 3. The van der Waals surface area contributed by atoms with E-state index < -0.39 is 64.7 Å². The number of ether oxygens (including phenoxy) is 1. The van der Waals surface area contributed by atoms with Crippen LogP contribution >= 0.6 is 56.8 Å². The van der Waals surface area contributed by atoms with Gasteiger partial charge in [-0.05, 0) is 136 Å². The maximum atomic E-state index is 12.9. The normalized spacial score (nSPS) is 18.7. The van der Waals surface area contributed by atoms with Gasteiger partial charge in [0, 0.05) is 111 Å². The van der Waals surface area contributed by atoms with Crippen LogP contribution in [0.25, 0.3) is 11.1 Å². The van der Waals surface area contributed by atoms with Crippen molar-refractivity contribution in [2.75, 3.05) is 141 Å². The average molecular weight is 1450 g/mol. The minimum absolute atomic E-state index is 0.0838. The Morgan fingerprint density at radius 1 is 0.455 bits per heavy atom. The first-order chi connectivity index (χ1) is 41.9. The van der Waals surface area contributed by atoms with Gasteiger partial charge in [-0.15, -0.1) is 24.4 Å². The summed E-state index contributed by atoms with van der Waals surface area (Å²) in [5, 5.41) is 77.9. The zero-order valence-corrected chi connectivity index (χ0v) is 56.1. The number of carbonyl (C=O) groups is 2. The van der Waals surface area contributed by atoms with Crippen LogP contribution in [0, 0.1) is 0 Å². The van der Waals surface area contributed by atoms with Crippen molar-refractivity contribution in [3.8, 4) is 16.9 Å². The van der Waals surface area contributed by atoms with Crippen molar-refractivity contribution >= 4 is 102 Å². The first kappa shape index (κ1) is 72.4. The van der Waals surface area contributed by atoms with Gasteiger partial charge in [0.25, 0.3) is 5.43 Å². The molecule has 0 radical (unpaired) electrons. The highest BCUT2D eigenvalue weighted by atomic mass is 127. The SMILES string of the molecule is CN(C)c1ccc(-c2c(O)c(=O)c2=O)cc1.CN(C)c1ccc(C2C([O-])C(c3ccc(N(C)CCO)cc3)C2[O-])cc1.CN(C)c1ccc(C2C([O-])C(c3ccc(N(C)CCOC(=O)CI)cc3)C2[O-])cc1.CN(CCO)c1ccccc1.O=C(Cl)CI. The molecule has 0 saturated heterocycles. The second kappa shape index (κ2) is 35.1. The molecule has 2 fully saturated rings. The smallest absolute Gasteiger partial charge is 0.315 e. The van der Waals surface area contributed by atoms with Gasteiger partial charge in [-0.25, -0.2) is 0 Å². The summed E-state index contributed by atoms with van der Waals surface area (Å²) in [6, 6.07) is 47.6. The third kappa shape index (κ3) is 19.3. The maximum absolute atomic E-state index is 12.9. The predicted molar refractivity (Wildman–Crippen MR) is 363 cm³/mol. The third-order valence-corrected chi connectivity index (χ3v) is 17.3.